The summed E-state index contributed by atoms with van der Waals surface area (Å²) in [6, 6.07) is 3.34. The highest BCUT2D eigenvalue weighted by Crippen LogP contribution is 2.30. The molecule has 0 saturated carbocycles. The summed E-state index contributed by atoms with van der Waals surface area (Å²) in [7, 11) is 0. The second kappa shape index (κ2) is 6.01. The predicted molar refractivity (Wildman–Crippen MR) is 56.7 cm³/mol. The first-order valence-electron chi connectivity index (χ1n) is 4.86. The Hall–Kier alpha value is -2.09. The van der Waals surface area contributed by atoms with Crippen LogP contribution in [0.15, 0.2) is 18.2 Å². The van der Waals surface area contributed by atoms with Crippen LogP contribution in [0.4, 0.5) is 14.5 Å². The summed E-state index contributed by atoms with van der Waals surface area (Å²) < 4.78 is 25.4. The van der Waals surface area contributed by atoms with Crippen LogP contribution in [0, 0.1) is 10.1 Å². The fourth-order valence-electron chi connectivity index (χ4n) is 1.33. The van der Waals surface area contributed by atoms with Crippen molar-refractivity contribution in [2.45, 2.75) is 20.0 Å². The van der Waals surface area contributed by atoms with Gasteiger partial charge in [-0.2, -0.15) is 0 Å². The lowest BCUT2D eigenvalue weighted by atomic mass is 10.1. The van der Waals surface area contributed by atoms with Gasteiger partial charge in [-0.05, 0) is 0 Å². The number of nitro benzene ring substituents is 1. The number of benzene rings is 1. The van der Waals surface area contributed by atoms with Crippen molar-refractivity contribution < 1.29 is 23.3 Å². The second-order valence-electron chi connectivity index (χ2n) is 3.35. The summed E-state index contributed by atoms with van der Waals surface area (Å²) in [5.74, 6) is -0.535. The Balaban J connectivity index is 3.03. The van der Waals surface area contributed by atoms with E-state index in [1.807, 2.05) is 5.48 Å². The molecule has 0 unspecified atom stereocenters. The first-order chi connectivity index (χ1) is 8.43. The van der Waals surface area contributed by atoms with Gasteiger partial charge in [0.2, 0.25) is 5.91 Å². The van der Waals surface area contributed by atoms with Gasteiger partial charge in [0, 0.05) is 18.6 Å². The highest BCUT2D eigenvalue weighted by atomic mass is 19.3. The molecule has 0 aromatic heterocycles. The number of carbonyl (C=O) groups excluding carboxylic acids is 1. The Bertz CT molecular complexity index is 465. The first-order valence-corrected chi connectivity index (χ1v) is 4.86. The number of hydroxylamine groups is 1. The van der Waals surface area contributed by atoms with Gasteiger partial charge in [0.25, 0.3) is 12.1 Å². The van der Waals surface area contributed by atoms with Crippen molar-refractivity contribution in [2.24, 2.45) is 0 Å². The zero-order chi connectivity index (χ0) is 13.7. The second-order valence-corrected chi connectivity index (χ2v) is 3.35. The maximum atomic E-state index is 12.7. The van der Waals surface area contributed by atoms with Gasteiger partial charge in [0.1, 0.15) is 6.61 Å². The Morgan fingerprint density at radius 1 is 1.56 bits per heavy atom. The maximum absolute atomic E-state index is 12.7. The van der Waals surface area contributed by atoms with Gasteiger partial charge in [-0.15, -0.1) is 0 Å². The van der Waals surface area contributed by atoms with E-state index in [4.69, 9.17) is 0 Å². The third kappa shape index (κ3) is 3.45. The molecule has 1 amide bonds. The molecule has 0 radical (unpaired) electrons. The highest BCUT2D eigenvalue weighted by Gasteiger charge is 2.22. The SMILES string of the molecule is CC(=O)NOCc1c(C(F)F)cccc1[N+](=O)[O-]. The number of carbonyl (C=O) groups is 1. The molecule has 0 saturated heterocycles. The molecule has 0 fully saturated rings. The third-order valence-electron chi connectivity index (χ3n) is 2.05. The van der Waals surface area contributed by atoms with E-state index in [-0.39, 0.29) is 5.56 Å². The lowest BCUT2D eigenvalue weighted by Gasteiger charge is -2.09. The molecule has 0 atom stereocenters. The number of nitrogens with one attached hydrogen (secondary N) is 1. The summed E-state index contributed by atoms with van der Waals surface area (Å²) in [6.45, 7) is 0.657. The topological polar surface area (TPSA) is 81.5 Å². The molecule has 0 bridgehead atoms. The molecule has 0 aliphatic rings. The van der Waals surface area contributed by atoms with Crippen LogP contribution in [0.2, 0.25) is 0 Å². The molecule has 8 heteroatoms. The number of amides is 1. The zero-order valence-electron chi connectivity index (χ0n) is 9.35. The Labute approximate surface area is 101 Å². The predicted octanol–water partition coefficient (Wildman–Crippen LogP) is 2.10. The van der Waals surface area contributed by atoms with Crippen LogP contribution in [0.5, 0.6) is 0 Å². The van der Waals surface area contributed by atoms with Crippen molar-refractivity contribution in [3.63, 3.8) is 0 Å². The van der Waals surface area contributed by atoms with Crippen molar-refractivity contribution in [1.29, 1.82) is 0 Å². The third-order valence-corrected chi connectivity index (χ3v) is 2.05. The number of nitro groups is 1. The van der Waals surface area contributed by atoms with Crippen molar-refractivity contribution in [3.05, 3.63) is 39.4 Å². The molecular weight excluding hydrogens is 250 g/mol. The summed E-state index contributed by atoms with van der Waals surface area (Å²) in [5, 5.41) is 10.7. The van der Waals surface area contributed by atoms with Gasteiger partial charge < -0.3 is 0 Å². The maximum Gasteiger partial charge on any atom is 0.275 e. The van der Waals surface area contributed by atoms with Crippen molar-refractivity contribution >= 4 is 11.6 Å². The Kier molecular flexibility index (Phi) is 4.67. The molecular formula is C10H10F2N2O4. The van der Waals surface area contributed by atoms with E-state index in [9.17, 15) is 23.7 Å². The van der Waals surface area contributed by atoms with E-state index in [1.54, 1.807) is 0 Å². The van der Waals surface area contributed by atoms with E-state index in [0.29, 0.717) is 0 Å². The summed E-state index contributed by atoms with van der Waals surface area (Å²) in [6.07, 6.45) is -2.86. The minimum absolute atomic E-state index is 0.258. The monoisotopic (exact) mass is 260 g/mol. The van der Waals surface area contributed by atoms with Crippen LogP contribution in [-0.2, 0) is 16.2 Å². The van der Waals surface area contributed by atoms with Gasteiger partial charge in [-0.1, -0.05) is 12.1 Å². The number of alkyl halides is 2. The van der Waals surface area contributed by atoms with E-state index in [0.717, 1.165) is 19.1 Å². The van der Waals surface area contributed by atoms with Crippen molar-refractivity contribution in [3.8, 4) is 0 Å². The van der Waals surface area contributed by atoms with Gasteiger partial charge >= 0.3 is 0 Å². The number of halogens is 2. The first kappa shape index (κ1) is 14.0. The summed E-state index contributed by atoms with van der Waals surface area (Å²) >= 11 is 0. The molecule has 1 aromatic rings. The molecule has 18 heavy (non-hydrogen) atoms. The summed E-state index contributed by atoms with van der Waals surface area (Å²) in [4.78, 5) is 25.1. The van der Waals surface area contributed by atoms with Crippen LogP contribution in [0.1, 0.15) is 24.5 Å². The van der Waals surface area contributed by atoms with Crippen LogP contribution in [0.25, 0.3) is 0 Å². The van der Waals surface area contributed by atoms with E-state index < -0.39 is 35.1 Å². The van der Waals surface area contributed by atoms with E-state index in [2.05, 4.69) is 4.84 Å². The average Bonchev–Trinajstić information content (AvgIpc) is 2.28. The fourth-order valence-corrected chi connectivity index (χ4v) is 1.33. The van der Waals surface area contributed by atoms with Crippen molar-refractivity contribution in [2.75, 3.05) is 0 Å². The van der Waals surface area contributed by atoms with Crippen LogP contribution in [0.3, 0.4) is 0 Å². The molecule has 6 nitrogen and oxygen atoms in total. The number of hydrogen-bond donors (Lipinski definition) is 1. The van der Waals surface area contributed by atoms with Gasteiger partial charge in [0.05, 0.1) is 10.5 Å². The molecule has 1 rings (SSSR count). The number of nitrogens with zero attached hydrogens (tertiary/aromatic N) is 1. The average molecular weight is 260 g/mol. The van der Waals surface area contributed by atoms with E-state index in [1.165, 1.54) is 6.07 Å². The fraction of sp³-hybridized carbons (Fsp3) is 0.300. The number of rotatable bonds is 5. The van der Waals surface area contributed by atoms with Crippen LogP contribution >= 0.6 is 0 Å². The largest absolute Gasteiger partial charge is 0.275 e. The molecule has 0 aliphatic heterocycles. The number of hydrogen-bond acceptors (Lipinski definition) is 4. The molecule has 1 aromatic carbocycles. The highest BCUT2D eigenvalue weighted by molar-refractivity contribution is 5.71. The van der Waals surface area contributed by atoms with Gasteiger partial charge in [0.15, 0.2) is 0 Å². The van der Waals surface area contributed by atoms with Crippen LogP contribution < -0.4 is 5.48 Å². The van der Waals surface area contributed by atoms with Gasteiger partial charge in [-0.25, -0.2) is 14.3 Å². The summed E-state index contributed by atoms with van der Waals surface area (Å²) in [5.41, 5.74) is 0.697. The van der Waals surface area contributed by atoms with Gasteiger partial charge in [-0.3, -0.25) is 19.7 Å². The lowest BCUT2D eigenvalue weighted by molar-refractivity contribution is -0.386. The van der Waals surface area contributed by atoms with Crippen molar-refractivity contribution in [1.82, 2.24) is 5.48 Å². The van der Waals surface area contributed by atoms with E-state index >= 15 is 0 Å². The molecule has 98 valence electrons. The Morgan fingerprint density at radius 2 is 2.22 bits per heavy atom. The quantitative estimate of drug-likeness (QED) is 0.649. The minimum Gasteiger partial charge on any atom is -0.273 e. The molecule has 0 heterocycles. The molecule has 0 spiro atoms. The normalized spacial score (nSPS) is 10.4. The lowest BCUT2D eigenvalue weighted by Crippen LogP contribution is -2.20. The van der Waals surface area contributed by atoms with Crippen LogP contribution in [-0.4, -0.2) is 10.8 Å². The molecule has 1 N–H and O–H groups in total. The molecule has 0 aliphatic carbocycles. The standard InChI is InChI=1S/C10H10F2N2O4/c1-6(15)13-18-5-8-7(10(11)12)3-2-4-9(8)14(16)17/h2-4,10H,5H2,1H3,(H,13,15). The zero-order valence-corrected chi connectivity index (χ0v) is 9.35. The minimum atomic E-state index is -2.86. The Morgan fingerprint density at radius 3 is 2.72 bits per heavy atom. The smallest absolute Gasteiger partial charge is 0.273 e.